The summed E-state index contributed by atoms with van der Waals surface area (Å²) in [4.78, 5) is 24.1. The minimum absolute atomic E-state index is 0.145. The summed E-state index contributed by atoms with van der Waals surface area (Å²) < 4.78 is 11.4. The van der Waals surface area contributed by atoms with Crippen LogP contribution in [-0.4, -0.2) is 76.6 Å². The second-order valence-electron chi connectivity index (χ2n) is 10.7. The molecule has 5 rings (SSSR count). The van der Waals surface area contributed by atoms with Gasteiger partial charge in [-0.2, -0.15) is 0 Å². The Labute approximate surface area is 225 Å². The van der Waals surface area contributed by atoms with Crippen molar-refractivity contribution in [3.63, 3.8) is 0 Å². The van der Waals surface area contributed by atoms with E-state index < -0.39 is 0 Å². The Morgan fingerprint density at radius 3 is 2.39 bits per heavy atom. The molecule has 2 aliphatic heterocycles. The normalized spacial score (nSPS) is 19.0. The summed E-state index contributed by atoms with van der Waals surface area (Å²) in [5.41, 5.74) is 4.31. The molecule has 0 spiro atoms. The molecule has 4 heterocycles. The number of piperidine rings is 1. The number of aryl methyl sites for hydroxylation is 2. The topological polar surface area (TPSA) is 74.9 Å². The number of benzene rings is 1. The summed E-state index contributed by atoms with van der Waals surface area (Å²) in [6.45, 7) is 12.2. The molecule has 1 atom stereocenters. The van der Waals surface area contributed by atoms with Crippen LogP contribution in [0.15, 0.2) is 53.3 Å². The van der Waals surface area contributed by atoms with Crippen molar-refractivity contribution in [2.75, 3.05) is 45.9 Å². The third-order valence-corrected chi connectivity index (χ3v) is 7.79. The fraction of sp³-hybridized carbons (Fsp3) is 0.500. The molecule has 0 radical (unpaired) electrons. The summed E-state index contributed by atoms with van der Waals surface area (Å²) in [5.74, 6) is 2.12. The molecule has 8 nitrogen and oxygen atoms in total. The number of amides is 1. The number of rotatable bonds is 9. The summed E-state index contributed by atoms with van der Waals surface area (Å²) >= 11 is 0. The molecule has 202 valence electrons. The fourth-order valence-corrected chi connectivity index (χ4v) is 5.46. The molecule has 0 N–H and O–H groups in total. The molecule has 2 aliphatic rings. The van der Waals surface area contributed by atoms with Crippen LogP contribution < -0.4 is 4.74 Å². The number of hydrogen-bond acceptors (Lipinski definition) is 7. The van der Waals surface area contributed by atoms with E-state index in [1.165, 1.54) is 11.1 Å². The largest absolute Gasteiger partial charge is 0.493 e. The highest BCUT2D eigenvalue weighted by Crippen LogP contribution is 2.22. The van der Waals surface area contributed by atoms with Crippen LogP contribution in [0.2, 0.25) is 0 Å². The Morgan fingerprint density at radius 1 is 1.00 bits per heavy atom. The fourth-order valence-electron chi connectivity index (χ4n) is 5.46. The van der Waals surface area contributed by atoms with Crippen molar-refractivity contribution in [2.24, 2.45) is 5.92 Å². The van der Waals surface area contributed by atoms with Gasteiger partial charge in [0.05, 0.1) is 18.7 Å². The molecule has 38 heavy (non-hydrogen) atoms. The van der Waals surface area contributed by atoms with E-state index in [1.54, 1.807) is 0 Å². The number of nitrogens with zero attached hydrogens (tertiary/aromatic N) is 5. The SMILES string of the molecule is Cc1noc(C)c1CC(=O)N1CCC[C@@H](COc2ccc(CN3CCN(Cc4cccnc4)CC3)cc2)C1. The van der Waals surface area contributed by atoms with Crippen molar-refractivity contribution in [1.29, 1.82) is 0 Å². The van der Waals surface area contributed by atoms with Gasteiger partial charge in [0, 0.05) is 76.2 Å². The van der Waals surface area contributed by atoms with Crippen LogP contribution in [0.25, 0.3) is 0 Å². The van der Waals surface area contributed by atoms with E-state index >= 15 is 0 Å². The van der Waals surface area contributed by atoms with Gasteiger partial charge in [0.2, 0.25) is 5.91 Å². The zero-order valence-electron chi connectivity index (χ0n) is 22.6. The summed E-state index contributed by atoms with van der Waals surface area (Å²) in [5, 5.41) is 3.98. The number of carbonyl (C=O) groups excluding carboxylic acids is 1. The number of ether oxygens (including phenoxy) is 1. The van der Waals surface area contributed by atoms with Gasteiger partial charge in [0.15, 0.2) is 0 Å². The zero-order valence-corrected chi connectivity index (χ0v) is 22.6. The van der Waals surface area contributed by atoms with Gasteiger partial charge < -0.3 is 14.2 Å². The summed E-state index contributed by atoms with van der Waals surface area (Å²) in [6, 6.07) is 12.7. The molecule has 0 unspecified atom stereocenters. The maximum Gasteiger partial charge on any atom is 0.227 e. The van der Waals surface area contributed by atoms with Gasteiger partial charge in [-0.25, -0.2) is 0 Å². The second kappa shape index (κ2) is 12.5. The van der Waals surface area contributed by atoms with Gasteiger partial charge in [-0.05, 0) is 56.0 Å². The molecule has 1 amide bonds. The van der Waals surface area contributed by atoms with Gasteiger partial charge in [-0.3, -0.25) is 19.6 Å². The van der Waals surface area contributed by atoms with E-state index in [4.69, 9.17) is 9.26 Å². The van der Waals surface area contributed by atoms with Crippen LogP contribution in [0.4, 0.5) is 0 Å². The van der Waals surface area contributed by atoms with E-state index in [1.807, 2.05) is 37.2 Å². The van der Waals surface area contributed by atoms with Crippen LogP contribution in [-0.2, 0) is 24.3 Å². The van der Waals surface area contributed by atoms with Crippen LogP contribution in [0, 0.1) is 19.8 Å². The van der Waals surface area contributed by atoms with Crippen LogP contribution in [0.1, 0.15) is 41.0 Å². The van der Waals surface area contributed by atoms with Crippen LogP contribution in [0.5, 0.6) is 5.75 Å². The Bertz CT molecular complexity index is 1150. The van der Waals surface area contributed by atoms with E-state index in [2.05, 4.69) is 50.3 Å². The smallest absolute Gasteiger partial charge is 0.227 e. The first-order valence-electron chi connectivity index (χ1n) is 13.8. The lowest BCUT2D eigenvalue weighted by molar-refractivity contribution is -0.132. The van der Waals surface area contributed by atoms with Gasteiger partial charge in [-0.1, -0.05) is 23.4 Å². The molecule has 1 aromatic carbocycles. The molecule has 2 fully saturated rings. The Kier molecular flexibility index (Phi) is 8.71. The molecule has 0 bridgehead atoms. The standard InChI is InChI=1S/C30H39N5O3/c1-23-29(24(2)38-32-23)17-30(36)35-12-4-6-27(21-35)22-37-28-9-7-25(8-10-28)19-33-13-15-34(16-14-33)20-26-5-3-11-31-18-26/h3,5,7-11,18,27H,4,6,12-17,19-22H2,1-2H3/t27-/m1/s1. The minimum atomic E-state index is 0.145. The van der Waals surface area contributed by atoms with Gasteiger partial charge in [-0.15, -0.1) is 0 Å². The van der Waals surface area contributed by atoms with E-state index in [0.29, 0.717) is 18.9 Å². The lowest BCUT2D eigenvalue weighted by Crippen LogP contribution is -2.45. The Hall–Kier alpha value is -3.23. The van der Waals surface area contributed by atoms with Crippen molar-refractivity contribution >= 4 is 5.91 Å². The predicted octanol–water partition coefficient (Wildman–Crippen LogP) is 3.86. The molecular formula is C30H39N5O3. The molecule has 0 saturated carbocycles. The Morgan fingerprint density at radius 2 is 1.74 bits per heavy atom. The number of piperazine rings is 1. The molecule has 3 aromatic rings. The van der Waals surface area contributed by atoms with Crippen molar-refractivity contribution in [3.05, 3.63) is 76.9 Å². The first-order valence-corrected chi connectivity index (χ1v) is 13.8. The van der Waals surface area contributed by atoms with Crippen LogP contribution >= 0.6 is 0 Å². The maximum absolute atomic E-state index is 12.9. The quantitative estimate of drug-likeness (QED) is 0.427. The minimum Gasteiger partial charge on any atom is -0.493 e. The highest BCUT2D eigenvalue weighted by atomic mass is 16.5. The highest BCUT2D eigenvalue weighted by Gasteiger charge is 2.26. The summed E-state index contributed by atoms with van der Waals surface area (Å²) in [6.07, 6.45) is 6.24. The first kappa shape index (κ1) is 26.4. The molecular weight excluding hydrogens is 478 g/mol. The predicted molar refractivity (Wildman–Crippen MR) is 146 cm³/mol. The van der Waals surface area contributed by atoms with Crippen LogP contribution in [0.3, 0.4) is 0 Å². The molecule has 2 aromatic heterocycles. The number of aromatic nitrogens is 2. The van der Waals surface area contributed by atoms with Crippen molar-refractivity contribution in [2.45, 2.75) is 46.2 Å². The van der Waals surface area contributed by atoms with E-state index in [0.717, 1.165) is 88.0 Å². The molecule has 2 saturated heterocycles. The van der Waals surface area contributed by atoms with Gasteiger partial charge in [0.25, 0.3) is 0 Å². The zero-order chi connectivity index (χ0) is 26.3. The van der Waals surface area contributed by atoms with Crippen molar-refractivity contribution in [1.82, 2.24) is 24.8 Å². The average molecular weight is 518 g/mol. The van der Waals surface area contributed by atoms with E-state index in [9.17, 15) is 4.79 Å². The monoisotopic (exact) mass is 517 g/mol. The van der Waals surface area contributed by atoms with E-state index in [-0.39, 0.29) is 5.91 Å². The maximum atomic E-state index is 12.9. The molecule has 8 heteroatoms. The Balaban J connectivity index is 1.03. The third kappa shape index (κ3) is 6.99. The lowest BCUT2D eigenvalue weighted by atomic mass is 9.98. The van der Waals surface area contributed by atoms with Gasteiger partial charge >= 0.3 is 0 Å². The molecule has 0 aliphatic carbocycles. The number of carbonyl (C=O) groups is 1. The third-order valence-electron chi connectivity index (χ3n) is 7.79. The first-order chi connectivity index (χ1) is 18.5. The lowest BCUT2D eigenvalue weighted by Gasteiger charge is -2.34. The average Bonchev–Trinajstić information content (AvgIpc) is 3.26. The van der Waals surface area contributed by atoms with Crippen molar-refractivity contribution < 1.29 is 14.1 Å². The van der Waals surface area contributed by atoms with Gasteiger partial charge in [0.1, 0.15) is 11.5 Å². The summed E-state index contributed by atoms with van der Waals surface area (Å²) in [7, 11) is 0. The second-order valence-corrected chi connectivity index (χ2v) is 10.7. The number of pyridine rings is 1. The number of hydrogen-bond donors (Lipinski definition) is 0. The number of likely N-dealkylation sites (tertiary alicyclic amines) is 1. The highest BCUT2D eigenvalue weighted by molar-refractivity contribution is 5.79. The van der Waals surface area contributed by atoms with Crippen molar-refractivity contribution in [3.8, 4) is 5.75 Å².